The molecule has 5 heteroatoms. The summed E-state index contributed by atoms with van der Waals surface area (Å²) in [7, 11) is -2.69. The van der Waals surface area contributed by atoms with E-state index in [4.69, 9.17) is 0 Å². The smallest absolute Gasteiger partial charge is 0.147 e. The van der Waals surface area contributed by atoms with E-state index < -0.39 is 8.07 Å². The van der Waals surface area contributed by atoms with Gasteiger partial charge in [0.2, 0.25) is 0 Å². The van der Waals surface area contributed by atoms with Gasteiger partial charge in [-0.25, -0.2) is 0 Å². The Morgan fingerprint density at radius 2 is 0.795 bits per heavy atom. The maximum atomic E-state index is 2.65. The molecule has 0 saturated heterocycles. The Hall–Kier alpha value is -1.06. The second kappa shape index (κ2) is 17.2. The summed E-state index contributed by atoms with van der Waals surface area (Å²) >= 11 is 2.39. The van der Waals surface area contributed by atoms with Gasteiger partial charge in [0.15, 0.2) is 0 Å². The third kappa shape index (κ3) is 8.07. The largest absolute Gasteiger partial charge is 0.147 e. The third-order valence-electron chi connectivity index (χ3n) is 9.14. The summed E-state index contributed by atoms with van der Waals surface area (Å²) in [6, 6.07) is 23.0. The first-order chi connectivity index (χ1) is 19.5. The van der Waals surface area contributed by atoms with Crippen LogP contribution in [0.2, 0.25) is 0 Å². The van der Waals surface area contributed by atoms with Crippen molar-refractivity contribution < 1.29 is 20.4 Å². The van der Waals surface area contributed by atoms with Gasteiger partial charge in [-0.2, -0.15) is 0 Å². The van der Waals surface area contributed by atoms with Crippen molar-refractivity contribution in [3.05, 3.63) is 109 Å². The molecular weight excluding hydrogens is 651 g/mol. The average molecular weight is 705 g/mol. The van der Waals surface area contributed by atoms with Crippen LogP contribution in [0.15, 0.2) is 75.3 Å². The molecule has 0 unspecified atom stereocenters. The van der Waals surface area contributed by atoms with Crippen LogP contribution in [0.3, 0.4) is 0 Å². The van der Waals surface area contributed by atoms with Gasteiger partial charge in [0.25, 0.3) is 0 Å². The van der Waals surface area contributed by atoms with Gasteiger partial charge < -0.3 is 0 Å². The zero-order chi connectivity index (χ0) is 29.9. The molecule has 3 aromatic rings. The topological polar surface area (TPSA) is 0 Å². The molecule has 0 spiro atoms. The second-order valence-corrected chi connectivity index (χ2v) is 17.6. The van der Waals surface area contributed by atoms with Gasteiger partial charge in [0, 0.05) is 0 Å². The van der Waals surface area contributed by atoms with Crippen LogP contribution in [0.5, 0.6) is 0 Å². The number of rotatable bonds is 10. The van der Waals surface area contributed by atoms with Crippen LogP contribution in [-0.4, -0.2) is 8.07 Å². The van der Waals surface area contributed by atoms with Crippen LogP contribution in [0.1, 0.15) is 102 Å². The Bertz CT molecular complexity index is 1280. The Morgan fingerprint density at radius 3 is 1.02 bits per heavy atom. The van der Waals surface area contributed by atoms with Crippen LogP contribution >= 0.6 is 37.2 Å². The van der Waals surface area contributed by atoms with E-state index in [9.17, 15) is 0 Å². The normalized spacial score (nSPS) is 13.1. The summed E-state index contributed by atoms with van der Waals surface area (Å²) in [6.07, 6.45) is 10.1. The van der Waals surface area contributed by atoms with E-state index in [-0.39, 0.29) is 42.6 Å². The summed E-state index contributed by atoms with van der Waals surface area (Å²) in [5.41, 5.74) is 10.5. The Morgan fingerprint density at radius 1 is 0.523 bits per heavy atom. The molecule has 0 aromatic heterocycles. The number of hydrogen-bond donors (Lipinski definition) is 0. The van der Waals surface area contributed by atoms with E-state index in [1.165, 1.54) is 33.4 Å². The molecule has 0 heterocycles. The van der Waals surface area contributed by atoms with Crippen molar-refractivity contribution >= 4 is 60.9 Å². The molecule has 3 aromatic carbocycles. The second-order valence-electron chi connectivity index (χ2n) is 12.9. The monoisotopic (exact) mass is 703 g/mol. The van der Waals surface area contributed by atoms with Crippen molar-refractivity contribution in [1.29, 1.82) is 0 Å². The molecule has 0 atom stereocenters. The van der Waals surface area contributed by atoms with Crippen LogP contribution < -0.4 is 15.6 Å². The van der Waals surface area contributed by atoms with E-state index in [1.54, 1.807) is 30.2 Å². The Labute approximate surface area is 300 Å². The fourth-order valence-corrected chi connectivity index (χ4v) is 13.7. The number of benzene rings is 3. The summed E-state index contributed by atoms with van der Waals surface area (Å²) < 4.78 is 1.55. The molecule has 0 N–H and O–H groups in total. The molecule has 4 rings (SSSR count). The molecule has 44 heavy (non-hydrogen) atoms. The summed E-state index contributed by atoms with van der Waals surface area (Å²) in [5.74, 6) is 0. The summed E-state index contributed by atoms with van der Waals surface area (Å²) in [6.45, 7) is 21.2. The van der Waals surface area contributed by atoms with Crippen molar-refractivity contribution in [3.63, 3.8) is 0 Å². The van der Waals surface area contributed by atoms with Gasteiger partial charge in [0.05, 0.1) is 0 Å². The van der Waals surface area contributed by atoms with Crippen LogP contribution in [0.4, 0.5) is 0 Å². The molecule has 0 nitrogen and oxygen atoms in total. The minimum absolute atomic E-state index is 0. The Balaban J connectivity index is 0.00000323. The molecule has 239 valence electrons. The third-order valence-corrected chi connectivity index (χ3v) is 14.6. The molecular formula is C39H54Cl3SiTi. The molecule has 0 bridgehead atoms. The van der Waals surface area contributed by atoms with Gasteiger partial charge >= 0.3 is 265 Å². The van der Waals surface area contributed by atoms with E-state index in [0.717, 1.165) is 44.9 Å². The quantitative estimate of drug-likeness (QED) is 0.146. The fourth-order valence-electron chi connectivity index (χ4n) is 6.90. The summed E-state index contributed by atoms with van der Waals surface area (Å²) in [5, 5.41) is 6.36. The van der Waals surface area contributed by atoms with Crippen LogP contribution in [0, 0.1) is 5.41 Å². The van der Waals surface area contributed by atoms with Crippen molar-refractivity contribution in [2.45, 2.75) is 107 Å². The van der Waals surface area contributed by atoms with Gasteiger partial charge in [-0.3, -0.25) is 0 Å². The molecule has 1 aliphatic carbocycles. The van der Waals surface area contributed by atoms with Crippen molar-refractivity contribution in [2.75, 3.05) is 0 Å². The molecule has 0 amide bonds. The minimum Gasteiger partial charge on any atom is -0.147 e. The maximum absolute atomic E-state index is 2.69. The zero-order valence-corrected chi connectivity index (χ0v) is 33.5. The Kier molecular flexibility index (Phi) is 16.0. The minimum atomic E-state index is -2.69. The first kappa shape index (κ1) is 41.0. The molecule has 0 fully saturated rings. The predicted molar refractivity (Wildman–Crippen MR) is 201 cm³/mol. The number of halogens is 3. The van der Waals surface area contributed by atoms with Crippen molar-refractivity contribution in [1.82, 2.24) is 0 Å². The first-order valence-electron chi connectivity index (χ1n) is 16.1. The average Bonchev–Trinajstić information content (AvgIpc) is 3.38. The fraction of sp³-hybridized carbons (Fsp3) is 0.436. The van der Waals surface area contributed by atoms with Gasteiger partial charge in [-0.05, 0) is 0 Å². The first-order valence-corrected chi connectivity index (χ1v) is 18.9. The molecule has 1 aliphatic rings. The van der Waals surface area contributed by atoms with Crippen LogP contribution in [0.25, 0.3) is 0 Å². The number of allylic oxidation sites excluding steroid dienone is 4. The SMILES string of the molecule is CCc1cc(CC)cc([Si](C2=CC[C]([Ti])=C2C(C)(C)C)(c2cc(CC)cc(CC)c2)c2cc(CC)cc(CC)c2)c1.Cl.Cl.Cl. The van der Waals surface area contributed by atoms with Crippen molar-refractivity contribution in [3.8, 4) is 0 Å². The maximum Gasteiger partial charge on any atom is -0.147 e. The summed E-state index contributed by atoms with van der Waals surface area (Å²) in [4.78, 5) is 0. The van der Waals surface area contributed by atoms with E-state index in [2.05, 4.69) is 143 Å². The van der Waals surface area contributed by atoms with E-state index in [1.807, 2.05) is 0 Å². The zero-order valence-electron chi connectivity index (χ0n) is 28.4. The van der Waals surface area contributed by atoms with Crippen LogP contribution in [-0.2, 0) is 59.0 Å². The van der Waals surface area contributed by atoms with Crippen molar-refractivity contribution in [2.24, 2.45) is 5.41 Å². The van der Waals surface area contributed by atoms with E-state index in [0.29, 0.717) is 0 Å². The molecule has 0 saturated carbocycles. The van der Waals surface area contributed by atoms with Gasteiger partial charge in [0.1, 0.15) is 0 Å². The van der Waals surface area contributed by atoms with Gasteiger partial charge in [-0.15, -0.1) is 37.2 Å². The van der Waals surface area contributed by atoms with Gasteiger partial charge in [-0.1, -0.05) is 0 Å². The van der Waals surface area contributed by atoms with E-state index >= 15 is 0 Å². The molecule has 0 aliphatic heterocycles. The molecule has 0 radical (unpaired) electrons. The standard InChI is InChI=1S/C39H51Si.3ClH.Ti/c1-10-28-19-29(11-2)23-34(22-28)40(38-18-16-17-37(38)39(7,8)9,35-24-30(12-3)20-31(13-4)25-35)36-26-32(14-5)21-33(15-6)27-36;;;;/h18-27H,10-16H2,1-9H3;3*1H;. The number of aryl methyl sites for hydroxylation is 6. The number of hydrogen-bond acceptors (Lipinski definition) is 0. The predicted octanol–water partition coefficient (Wildman–Crippen LogP) is 9.51.